The maximum atomic E-state index is 13.0. The number of benzene rings is 2. The lowest BCUT2D eigenvalue weighted by Gasteiger charge is -2.32. The number of carbonyl (C=O) groups is 1. The van der Waals surface area contributed by atoms with Crippen molar-refractivity contribution in [3.63, 3.8) is 0 Å². The molecule has 1 saturated heterocycles. The molecule has 1 aliphatic rings. The molecule has 0 bridgehead atoms. The van der Waals surface area contributed by atoms with Crippen molar-refractivity contribution in [2.24, 2.45) is 5.73 Å². The van der Waals surface area contributed by atoms with E-state index in [9.17, 15) is 14.8 Å². The summed E-state index contributed by atoms with van der Waals surface area (Å²) in [6.07, 6.45) is 3.81. The largest absolute Gasteiger partial charge is 0.472 e. The van der Waals surface area contributed by atoms with E-state index in [0.29, 0.717) is 18.0 Å². The molecule has 29 heavy (non-hydrogen) atoms. The molecule has 0 saturated carbocycles. The highest BCUT2D eigenvalue weighted by molar-refractivity contribution is 6.39. The molecule has 0 atom stereocenters. The second kappa shape index (κ2) is 8.41. The highest BCUT2D eigenvalue weighted by Gasteiger charge is 2.25. The van der Waals surface area contributed by atoms with Crippen LogP contribution in [0.4, 0.5) is 0 Å². The summed E-state index contributed by atoms with van der Waals surface area (Å²) < 4.78 is 1.77. The minimum atomic E-state index is -1.40. The fraction of sp³-hybridized carbons (Fsp3) is 0.318. The Labute approximate surface area is 170 Å². The average molecular weight is 391 g/mol. The minimum absolute atomic E-state index is 0.0519. The van der Waals surface area contributed by atoms with Crippen molar-refractivity contribution < 1.29 is 14.8 Å². The number of carbonyl (C=O) groups excluding carboxylic acids is 1. The SMILES string of the molecule is NCc1cccc(C2CCN(C(=O)c3ccc4c(ccn4CB(O)O)c3)CC2)c1. The molecule has 150 valence electrons. The van der Waals surface area contributed by atoms with Crippen molar-refractivity contribution in [2.75, 3.05) is 13.1 Å². The fourth-order valence-electron chi connectivity index (χ4n) is 4.24. The first kappa shape index (κ1) is 19.7. The van der Waals surface area contributed by atoms with Crippen LogP contribution >= 0.6 is 0 Å². The molecule has 1 aromatic heterocycles. The van der Waals surface area contributed by atoms with Crippen LogP contribution in [0, 0.1) is 0 Å². The number of fused-ring (bicyclic) bond motifs is 1. The molecule has 0 radical (unpaired) electrons. The number of aromatic nitrogens is 1. The molecular weight excluding hydrogens is 365 g/mol. The second-order valence-electron chi connectivity index (χ2n) is 7.74. The lowest BCUT2D eigenvalue weighted by atomic mass is 9.88. The number of nitrogens with zero attached hydrogens (tertiary/aromatic N) is 2. The highest BCUT2D eigenvalue weighted by atomic mass is 16.4. The Morgan fingerprint density at radius 2 is 1.90 bits per heavy atom. The minimum Gasteiger partial charge on any atom is -0.426 e. The number of hydrogen-bond donors (Lipinski definition) is 3. The van der Waals surface area contributed by atoms with E-state index in [2.05, 4.69) is 18.2 Å². The van der Waals surface area contributed by atoms with Gasteiger partial charge in [-0.15, -0.1) is 0 Å². The van der Waals surface area contributed by atoms with Crippen molar-refractivity contribution in [1.29, 1.82) is 0 Å². The molecule has 7 heteroatoms. The van der Waals surface area contributed by atoms with Crippen LogP contribution in [0.1, 0.15) is 40.2 Å². The van der Waals surface area contributed by atoms with Gasteiger partial charge in [-0.2, -0.15) is 0 Å². The van der Waals surface area contributed by atoms with Crippen molar-refractivity contribution in [1.82, 2.24) is 9.47 Å². The number of piperidine rings is 1. The Hall–Kier alpha value is -2.61. The van der Waals surface area contributed by atoms with Crippen LogP contribution in [0.2, 0.25) is 0 Å². The first-order valence-electron chi connectivity index (χ1n) is 10.1. The lowest BCUT2D eigenvalue weighted by molar-refractivity contribution is 0.0713. The summed E-state index contributed by atoms with van der Waals surface area (Å²) >= 11 is 0. The van der Waals surface area contributed by atoms with Crippen LogP contribution < -0.4 is 5.73 Å². The van der Waals surface area contributed by atoms with Gasteiger partial charge in [-0.3, -0.25) is 4.79 Å². The molecule has 1 fully saturated rings. The molecule has 0 unspecified atom stereocenters. The normalized spacial score (nSPS) is 15.1. The van der Waals surface area contributed by atoms with Crippen LogP contribution in [0.15, 0.2) is 54.7 Å². The van der Waals surface area contributed by atoms with Gasteiger partial charge in [0.1, 0.15) is 0 Å². The van der Waals surface area contributed by atoms with E-state index in [-0.39, 0.29) is 12.4 Å². The fourth-order valence-corrected chi connectivity index (χ4v) is 4.24. The molecule has 6 nitrogen and oxygen atoms in total. The topological polar surface area (TPSA) is 91.7 Å². The number of likely N-dealkylation sites (tertiary alicyclic amines) is 1. The summed E-state index contributed by atoms with van der Waals surface area (Å²) in [6.45, 7) is 2.03. The maximum Gasteiger partial charge on any atom is 0.472 e. The predicted octanol–water partition coefficient (Wildman–Crippen LogP) is 2.13. The summed E-state index contributed by atoms with van der Waals surface area (Å²) in [5.74, 6) is 0.517. The standard InChI is InChI=1S/C22H26BN3O3/c24-14-16-2-1-3-18(12-16)17-6-9-25(10-7-17)22(27)20-4-5-21-19(13-20)8-11-26(21)15-23(28)29/h1-5,8,11-13,17,28-29H,6-7,9-10,14-15,24H2. The third kappa shape index (κ3) is 4.22. The van der Waals surface area contributed by atoms with E-state index in [0.717, 1.165) is 42.4 Å². The van der Waals surface area contributed by atoms with E-state index in [1.165, 1.54) is 5.56 Å². The van der Waals surface area contributed by atoms with Gasteiger partial charge in [0.2, 0.25) is 0 Å². The van der Waals surface area contributed by atoms with Gasteiger partial charge in [0.05, 0.1) is 6.44 Å². The van der Waals surface area contributed by atoms with Crippen LogP contribution in [-0.2, 0) is 13.0 Å². The Morgan fingerprint density at radius 1 is 1.10 bits per heavy atom. The monoisotopic (exact) mass is 391 g/mol. The predicted molar refractivity (Wildman–Crippen MR) is 114 cm³/mol. The van der Waals surface area contributed by atoms with Gasteiger partial charge in [-0.05, 0) is 54.2 Å². The summed E-state index contributed by atoms with van der Waals surface area (Å²) in [5.41, 5.74) is 9.77. The van der Waals surface area contributed by atoms with Gasteiger partial charge in [0, 0.05) is 42.3 Å². The van der Waals surface area contributed by atoms with Crippen LogP contribution in [-0.4, -0.2) is 45.6 Å². The van der Waals surface area contributed by atoms with E-state index < -0.39 is 7.12 Å². The molecule has 2 aromatic carbocycles. The maximum absolute atomic E-state index is 13.0. The summed E-state index contributed by atoms with van der Waals surface area (Å²) in [5, 5.41) is 19.3. The Kier molecular flexibility index (Phi) is 5.71. The van der Waals surface area contributed by atoms with E-state index in [1.807, 2.05) is 35.2 Å². The van der Waals surface area contributed by atoms with Gasteiger partial charge in [-0.25, -0.2) is 0 Å². The number of hydrogen-bond acceptors (Lipinski definition) is 4. The zero-order valence-electron chi connectivity index (χ0n) is 16.4. The molecule has 4 N–H and O–H groups in total. The zero-order chi connectivity index (χ0) is 20.4. The summed E-state index contributed by atoms with van der Waals surface area (Å²) in [4.78, 5) is 14.9. The molecule has 0 aliphatic carbocycles. The molecule has 4 rings (SSSR count). The summed E-state index contributed by atoms with van der Waals surface area (Å²) in [6, 6.07) is 15.9. The summed E-state index contributed by atoms with van der Waals surface area (Å²) in [7, 11) is -1.40. The van der Waals surface area contributed by atoms with Crippen molar-refractivity contribution in [2.45, 2.75) is 31.7 Å². The van der Waals surface area contributed by atoms with Crippen LogP contribution in [0.3, 0.4) is 0 Å². The molecule has 1 aliphatic heterocycles. The van der Waals surface area contributed by atoms with Gasteiger partial charge in [0.15, 0.2) is 0 Å². The first-order valence-corrected chi connectivity index (χ1v) is 10.1. The molecule has 1 amide bonds. The van der Waals surface area contributed by atoms with Crippen molar-refractivity contribution in [3.8, 4) is 0 Å². The highest BCUT2D eigenvalue weighted by Crippen LogP contribution is 2.29. The second-order valence-corrected chi connectivity index (χ2v) is 7.74. The van der Waals surface area contributed by atoms with E-state index in [4.69, 9.17) is 5.73 Å². The van der Waals surface area contributed by atoms with Crippen LogP contribution in [0.5, 0.6) is 0 Å². The third-order valence-electron chi connectivity index (χ3n) is 5.82. The Balaban J connectivity index is 1.44. The smallest absolute Gasteiger partial charge is 0.426 e. The molecule has 0 spiro atoms. The van der Waals surface area contributed by atoms with Gasteiger partial charge >= 0.3 is 7.12 Å². The van der Waals surface area contributed by atoms with Crippen molar-refractivity contribution >= 4 is 23.9 Å². The van der Waals surface area contributed by atoms with Crippen molar-refractivity contribution in [3.05, 3.63) is 71.4 Å². The molecular formula is C22H26BN3O3. The first-order chi connectivity index (χ1) is 14.0. The molecule has 3 aromatic rings. The number of amides is 1. The Morgan fingerprint density at radius 3 is 2.62 bits per heavy atom. The quantitative estimate of drug-likeness (QED) is 0.581. The zero-order valence-corrected chi connectivity index (χ0v) is 16.4. The number of rotatable bonds is 5. The lowest BCUT2D eigenvalue weighted by Crippen LogP contribution is -2.37. The average Bonchev–Trinajstić information content (AvgIpc) is 3.14. The van der Waals surface area contributed by atoms with Gasteiger partial charge < -0.3 is 25.2 Å². The van der Waals surface area contributed by atoms with E-state index in [1.54, 1.807) is 10.8 Å². The van der Waals surface area contributed by atoms with Gasteiger partial charge in [-0.1, -0.05) is 24.3 Å². The van der Waals surface area contributed by atoms with E-state index >= 15 is 0 Å². The van der Waals surface area contributed by atoms with Crippen LogP contribution in [0.25, 0.3) is 10.9 Å². The molecule has 2 heterocycles. The Bertz CT molecular complexity index is 1010. The third-order valence-corrected chi connectivity index (χ3v) is 5.82. The number of nitrogens with two attached hydrogens (primary N) is 1. The van der Waals surface area contributed by atoms with Gasteiger partial charge in [0.25, 0.3) is 5.91 Å².